The monoisotopic (exact) mass is 307 g/mol. The van der Waals surface area contributed by atoms with Gasteiger partial charge in [-0.3, -0.25) is 4.79 Å². The lowest BCUT2D eigenvalue weighted by atomic mass is 9.83. The molecule has 120 valence electrons. The van der Waals surface area contributed by atoms with Crippen LogP contribution in [0, 0.1) is 6.92 Å². The highest BCUT2D eigenvalue weighted by atomic mass is 16.1. The summed E-state index contributed by atoms with van der Waals surface area (Å²) in [7, 11) is 0. The Bertz CT molecular complexity index is 624. The lowest BCUT2D eigenvalue weighted by molar-refractivity contribution is -0.110. The zero-order valence-electron chi connectivity index (χ0n) is 13.8. The van der Waals surface area contributed by atoms with E-state index in [2.05, 4.69) is 60.8 Å². The Morgan fingerprint density at radius 3 is 2.04 bits per heavy atom. The number of benzene rings is 2. The van der Waals surface area contributed by atoms with Gasteiger partial charge in [-0.1, -0.05) is 73.4 Å². The van der Waals surface area contributed by atoms with Crippen LogP contribution in [-0.2, 0) is 4.79 Å². The Morgan fingerprint density at radius 1 is 0.913 bits per heavy atom. The molecule has 3 rings (SSSR count). The van der Waals surface area contributed by atoms with Gasteiger partial charge in [0.15, 0.2) is 0 Å². The Labute approximate surface area is 138 Å². The number of hydrogen-bond donors (Lipinski definition) is 1. The van der Waals surface area contributed by atoms with Gasteiger partial charge < -0.3 is 5.32 Å². The number of hydrogen-bond acceptors (Lipinski definition) is 1. The smallest absolute Gasteiger partial charge is 0.207 e. The molecule has 1 unspecified atom stereocenters. The average Bonchev–Trinajstić information content (AvgIpc) is 2.62. The molecule has 0 saturated heterocycles. The highest BCUT2D eigenvalue weighted by Crippen LogP contribution is 2.33. The first-order valence-corrected chi connectivity index (χ1v) is 8.64. The van der Waals surface area contributed by atoms with Crippen LogP contribution in [-0.4, -0.2) is 6.41 Å². The summed E-state index contributed by atoms with van der Waals surface area (Å²) in [4.78, 5) is 11.0. The molecule has 0 radical (unpaired) electrons. The molecule has 0 heterocycles. The van der Waals surface area contributed by atoms with Crippen molar-refractivity contribution >= 4 is 6.41 Å². The van der Waals surface area contributed by atoms with E-state index in [0.29, 0.717) is 0 Å². The van der Waals surface area contributed by atoms with E-state index in [9.17, 15) is 4.79 Å². The molecule has 23 heavy (non-hydrogen) atoms. The lowest BCUT2D eigenvalue weighted by Crippen LogP contribution is -2.20. The van der Waals surface area contributed by atoms with E-state index in [4.69, 9.17) is 0 Å². The molecular weight excluding hydrogens is 282 g/mol. The molecule has 1 N–H and O–H groups in total. The molecule has 0 aliphatic heterocycles. The molecule has 1 atom stereocenters. The van der Waals surface area contributed by atoms with Crippen molar-refractivity contribution < 1.29 is 4.79 Å². The molecule has 1 aliphatic carbocycles. The van der Waals surface area contributed by atoms with Crippen molar-refractivity contribution in [3.8, 4) is 0 Å². The summed E-state index contributed by atoms with van der Waals surface area (Å²) in [5.74, 6) is 0.717. The van der Waals surface area contributed by atoms with Gasteiger partial charge in [0, 0.05) is 0 Å². The molecule has 1 amide bonds. The summed E-state index contributed by atoms with van der Waals surface area (Å²) < 4.78 is 0. The van der Waals surface area contributed by atoms with Crippen LogP contribution in [0.5, 0.6) is 0 Å². The normalized spacial score (nSPS) is 16.7. The number of carbonyl (C=O) groups is 1. The van der Waals surface area contributed by atoms with Crippen LogP contribution in [0.25, 0.3) is 0 Å². The van der Waals surface area contributed by atoms with Crippen LogP contribution in [0.15, 0.2) is 48.5 Å². The van der Waals surface area contributed by atoms with E-state index in [0.717, 1.165) is 23.5 Å². The van der Waals surface area contributed by atoms with Gasteiger partial charge in [-0.05, 0) is 42.4 Å². The van der Waals surface area contributed by atoms with Crippen molar-refractivity contribution in [1.29, 1.82) is 0 Å². The highest BCUT2D eigenvalue weighted by molar-refractivity contribution is 5.50. The second-order valence-corrected chi connectivity index (χ2v) is 6.63. The predicted octanol–water partition coefficient (Wildman–Crippen LogP) is 4.88. The second-order valence-electron chi connectivity index (χ2n) is 6.63. The molecule has 2 heteroatoms. The number of nitrogens with one attached hydrogen (secondary N) is 1. The molecule has 1 aliphatic rings. The maximum Gasteiger partial charge on any atom is 0.207 e. The number of aryl methyl sites for hydroxylation is 1. The van der Waals surface area contributed by atoms with E-state index in [1.807, 2.05) is 0 Å². The van der Waals surface area contributed by atoms with Crippen LogP contribution in [0.3, 0.4) is 0 Å². The number of carbonyl (C=O) groups excluding carboxylic acids is 1. The Hall–Kier alpha value is -2.09. The molecule has 1 saturated carbocycles. The molecule has 0 bridgehead atoms. The van der Waals surface area contributed by atoms with Gasteiger partial charge in [-0.15, -0.1) is 0 Å². The van der Waals surface area contributed by atoms with Crippen LogP contribution in [0.4, 0.5) is 0 Å². The number of rotatable bonds is 5. The van der Waals surface area contributed by atoms with Crippen molar-refractivity contribution in [2.24, 2.45) is 0 Å². The van der Waals surface area contributed by atoms with E-state index in [-0.39, 0.29) is 6.04 Å². The summed E-state index contributed by atoms with van der Waals surface area (Å²) in [5, 5.41) is 2.95. The predicted molar refractivity (Wildman–Crippen MR) is 94.5 cm³/mol. The third-order valence-corrected chi connectivity index (χ3v) is 4.99. The molecule has 0 aromatic heterocycles. The van der Waals surface area contributed by atoms with Gasteiger partial charge in [-0.25, -0.2) is 0 Å². The quantitative estimate of drug-likeness (QED) is 0.784. The Kier molecular flexibility index (Phi) is 5.12. The average molecular weight is 307 g/mol. The summed E-state index contributed by atoms with van der Waals surface area (Å²) in [6.07, 6.45) is 7.50. The molecule has 2 aromatic rings. The van der Waals surface area contributed by atoms with Crippen molar-refractivity contribution in [3.05, 3.63) is 70.8 Å². The summed E-state index contributed by atoms with van der Waals surface area (Å²) in [6, 6.07) is 17.1. The first-order valence-electron chi connectivity index (χ1n) is 8.64. The molecule has 1 fully saturated rings. The molecule has 2 nitrogen and oxygen atoms in total. The van der Waals surface area contributed by atoms with Crippen LogP contribution in [0.2, 0.25) is 0 Å². The standard InChI is InChI=1S/C21H25NO/c1-16-7-9-19(10-8-16)21(22-15-23)20-13-11-18(12-14-20)17-5-3-2-4-6-17/h7-15,17,21H,2-6H2,1H3,(H,22,23). The fraction of sp³-hybridized carbons (Fsp3) is 0.381. The SMILES string of the molecule is Cc1ccc(C(NC=O)c2ccc(C3CCCCC3)cc2)cc1. The fourth-order valence-corrected chi connectivity index (χ4v) is 3.61. The molecule has 2 aromatic carbocycles. The minimum Gasteiger partial charge on any atom is -0.348 e. The lowest BCUT2D eigenvalue weighted by Gasteiger charge is -2.23. The van der Waals surface area contributed by atoms with E-state index in [1.54, 1.807) is 0 Å². The van der Waals surface area contributed by atoms with E-state index >= 15 is 0 Å². The van der Waals surface area contributed by atoms with Crippen molar-refractivity contribution in [3.63, 3.8) is 0 Å². The highest BCUT2D eigenvalue weighted by Gasteiger charge is 2.17. The van der Waals surface area contributed by atoms with Gasteiger partial charge in [0.1, 0.15) is 0 Å². The van der Waals surface area contributed by atoms with Crippen molar-refractivity contribution in [1.82, 2.24) is 5.32 Å². The summed E-state index contributed by atoms with van der Waals surface area (Å²) in [5.41, 5.74) is 4.93. The zero-order chi connectivity index (χ0) is 16.1. The Morgan fingerprint density at radius 2 is 1.48 bits per heavy atom. The van der Waals surface area contributed by atoms with Crippen molar-refractivity contribution in [2.75, 3.05) is 0 Å². The van der Waals surface area contributed by atoms with Gasteiger partial charge in [0.2, 0.25) is 6.41 Å². The minimum atomic E-state index is -0.0755. The van der Waals surface area contributed by atoms with Crippen LogP contribution >= 0.6 is 0 Å². The van der Waals surface area contributed by atoms with Crippen molar-refractivity contribution in [2.45, 2.75) is 51.0 Å². The van der Waals surface area contributed by atoms with Crippen LogP contribution in [0.1, 0.15) is 66.3 Å². The van der Waals surface area contributed by atoms with E-state index < -0.39 is 0 Å². The fourth-order valence-electron chi connectivity index (χ4n) is 3.61. The first kappa shape index (κ1) is 15.8. The first-order chi connectivity index (χ1) is 11.3. The summed E-state index contributed by atoms with van der Waals surface area (Å²) >= 11 is 0. The van der Waals surface area contributed by atoms with Gasteiger partial charge in [0.05, 0.1) is 6.04 Å². The minimum absolute atomic E-state index is 0.0755. The third-order valence-electron chi connectivity index (χ3n) is 4.99. The summed E-state index contributed by atoms with van der Waals surface area (Å²) in [6.45, 7) is 2.07. The largest absolute Gasteiger partial charge is 0.348 e. The zero-order valence-corrected chi connectivity index (χ0v) is 13.8. The van der Waals surface area contributed by atoms with Crippen LogP contribution < -0.4 is 5.32 Å². The Balaban J connectivity index is 1.82. The third kappa shape index (κ3) is 3.82. The maximum absolute atomic E-state index is 11.0. The number of amides is 1. The topological polar surface area (TPSA) is 29.1 Å². The molecular formula is C21H25NO. The van der Waals surface area contributed by atoms with Gasteiger partial charge in [-0.2, -0.15) is 0 Å². The van der Waals surface area contributed by atoms with Gasteiger partial charge >= 0.3 is 0 Å². The molecule has 0 spiro atoms. The van der Waals surface area contributed by atoms with E-state index in [1.165, 1.54) is 43.2 Å². The second kappa shape index (κ2) is 7.45. The van der Waals surface area contributed by atoms with Gasteiger partial charge in [0.25, 0.3) is 0 Å². The maximum atomic E-state index is 11.0.